The number of amides is 1. The van der Waals surface area contributed by atoms with E-state index in [9.17, 15) is 4.79 Å². The van der Waals surface area contributed by atoms with Crippen molar-refractivity contribution in [3.63, 3.8) is 0 Å². The van der Waals surface area contributed by atoms with Crippen LogP contribution in [0.1, 0.15) is 31.6 Å². The fraction of sp³-hybridized carbons (Fsp3) is 0.250. The Bertz CT molecular complexity index is 619. The van der Waals surface area contributed by atoms with Gasteiger partial charge in [0.2, 0.25) is 5.91 Å². The zero-order valence-corrected chi connectivity index (χ0v) is 13.5. The van der Waals surface area contributed by atoms with Crippen LogP contribution in [-0.4, -0.2) is 15.9 Å². The van der Waals surface area contributed by atoms with E-state index in [0.29, 0.717) is 12.8 Å². The molecule has 2 N–H and O–H groups in total. The average Bonchev–Trinajstić information content (AvgIpc) is 2.96. The highest BCUT2D eigenvalue weighted by atomic mass is 79.9. The summed E-state index contributed by atoms with van der Waals surface area (Å²) in [7, 11) is 0. The molecule has 1 heterocycles. The van der Waals surface area contributed by atoms with Gasteiger partial charge < -0.3 is 10.3 Å². The summed E-state index contributed by atoms with van der Waals surface area (Å²) in [6.07, 6.45) is 4.66. The summed E-state index contributed by atoms with van der Waals surface area (Å²) in [5.74, 6) is 0.754. The maximum absolute atomic E-state index is 11.7. The number of rotatable bonds is 6. The fourth-order valence-corrected chi connectivity index (χ4v) is 2.21. The molecule has 2 aromatic rings. The van der Waals surface area contributed by atoms with Crippen molar-refractivity contribution >= 4 is 21.8 Å². The Morgan fingerprint density at radius 3 is 2.86 bits per heavy atom. The number of nitrogens with one attached hydrogen (secondary N) is 2. The molecule has 0 bridgehead atoms. The Hall–Kier alpha value is -1.88. The molecule has 0 aliphatic heterocycles. The van der Waals surface area contributed by atoms with Gasteiger partial charge in [-0.15, -0.1) is 6.58 Å². The van der Waals surface area contributed by atoms with E-state index in [1.165, 1.54) is 0 Å². The Morgan fingerprint density at radius 2 is 2.19 bits per heavy atom. The van der Waals surface area contributed by atoms with Crippen LogP contribution in [-0.2, 0) is 4.79 Å². The third-order valence-electron chi connectivity index (χ3n) is 3.11. The molecule has 1 aromatic heterocycles. The second kappa shape index (κ2) is 7.22. The standard InChI is InChI=1S/C16H18BrN3O/c1-3-4-5-15(21)19-11(2)16-18-10-14(20-16)12-6-8-13(17)9-7-12/h3,6-11H,1,4-5H2,2H3,(H,18,20)(H,19,21)/t11-/m1/s1. The fourth-order valence-electron chi connectivity index (χ4n) is 1.95. The Kier molecular flexibility index (Phi) is 5.33. The molecule has 2 rings (SSSR count). The molecule has 110 valence electrons. The zero-order chi connectivity index (χ0) is 15.2. The predicted molar refractivity (Wildman–Crippen MR) is 87.7 cm³/mol. The summed E-state index contributed by atoms with van der Waals surface area (Å²) in [5.41, 5.74) is 1.99. The molecule has 0 spiro atoms. The number of carbonyl (C=O) groups excluding carboxylic acids is 1. The molecule has 4 nitrogen and oxygen atoms in total. The first-order chi connectivity index (χ1) is 10.1. The van der Waals surface area contributed by atoms with Gasteiger partial charge in [-0.3, -0.25) is 4.79 Å². The number of benzene rings is 1. The van der Waals surface area contributed by atoms with Gasteiger partial charge in [0, 0.05) is 10.9 Å². The van der Waals surface area contributed by atoms with Gasteiger partial charge in [0.1, 0.15) is 5.82 Å². The van der Waals surface area contributed by atoms with Gasteiger partial charge in [-0.05, 0) is 31.0 Å². The maximum atomic E-state index is 11.7. The SMILES string of the molecule is C=CCCC(=O)N[C@H](C)c1ncc(-c2ccc(Br)cc2)[nH]1. The molecular weight excluding hydrogens is 330 g/mol. The van der Waals surface area contributed by atoms with Crippen LogP contribution in [0.3, 0.4) is 0 Å². The molecule has 5 heteroatoms. The Morgan fingerprint density at radius 1 is 1.48 bits per heavy atom. The predicted octanol–water partition coefficient (Wildman–Crippen LogP) is 3.98. The highest BCUT2D eigenvalue weighted by Gasteiger charge is 2.12. The normalized spacial score (nSPS) is 11.9. The van der Waals surface area contributed by atoms with Crippen molar-refractivity contribution in [3.05, 3.63) is 53.4 Å². The molecule has 0 aliphatic rings. The summed E-state index contributed by atoms with van der Waals surface area (Å²) < 4.78 is 1.04. The van der Waals surface area contributed by atoms with Crippen LogP contribution in [0.15, 0.2) is 47.6 Å². The van der Waals surface area contributed by atoms with Crippen LogP contribution >= 0.6 is 15.9 Å². The first kappa shape index (κ1) is 15.5. The number of nitrogens with zero attached hydrogens (tertiary/aromatic N) is 1. The lowest BCUT2D eigenvalue weighted by Gasteiger charge is -2.11. The first-order valence-electron chi connectivity index (χ1n) is 6.81. The first-order valence-corrected chi connectivity index (χ1v) is 7.60. The number of aromatic amines is 1. The molecule has 0 saturated heterocycles. The highest BCUT2D eigenvalue weighted by Crippen LogP contribution is 2.21. The zero-order valence-electron chi connectivity index (χ0n) is 11.9. The van der Waals surface area contributed by atoms with Crippen LogP contribution in [0.4, 0.5) is 0 Å². The molecular formula is C16H18BrN3O. The Labute approximate surface area is 132 Å². The molecule has 0 radical (unpaired) electrons. The second-order valence-corrected chi connectivity index (χ2v) is 5.72. The molecule has 1 aromatic carbocycles. The van der Waals surface area contributed by atoms with Gasteiger partial charge >= 0.3 is 0 Å². The lowest BCUT2D eigenvalue weighted by Crippen LogP contribution is -2.26. The van der Waals surface area contributed by atoms with Gasteiger partial charge in [-0.1, -0.05) is 34.1 Å². The average molecular weight is 348 g/mol. The largest absolute Gasteiger partial charge is 0.346 e. The van der Waals surface area contributed by atoms with Crippen LogP contribution in [0.2, 0.25) is 0 Å². The number of imidazole rings is 1. The van der Waals surface area contributed by atoms with Gasteiger partial charge in [0.25, 0.3) is 0 Å². The van der Waals surface area contributed by atoms with E-state index < -0.39 is 0 Å². The van der Waals surface area contributed by atoms with Crippen LogP contribution in [0.25, 0.3) is 11.3 Å². The van der Waals surface area contributed by atoms with Crippen LogP contribution < -0.4 is 5.32 Å². The number of hydrogen-bond donors (Lipinski definition) is 2. The van der Waals surface area contributed by atoms with Crippen molar-refractivity contribution in [1.29, 1.82) is 0 Å². The quantitative estimate of drug-likeness (QED) is 0.776. The topological polar surface area (TPSA) is 57.8 Å². The number of aromatic nitrogens is 2. The number of H-pyrrole nitrogens is 1. The van der Waals surface area contributed by atoms with Crippen LogP contribution in [0, 0.1) is 0 Å². The number of allylic oxidation sites excluding steroid dienone is 1. The smallest absolute Gasteiger partial charge is 0.220 e. The minimum atomic E-state index is -0.147. The monoisotopic (exact) mass is 347 g/mol. The summed E-state index contributed by atoms with van der Waals surface area (Å²) in [4.78, 5) is 19.3. The maximum Gasteiger partial charge on any atom is 0.220 e. The lowest BCUT2D eigenvalue weighted by molar-refractivity contribution is -0.121. The summed E-state index contributed by atoms with van der Waals surface area (Å²) >= 11 is 3.41. The molecule has 1 amide bonds. The summed E-state index contributed by atoms with van der Waals surface area (Å²) in [6, 6.07) is 7.84. The van der Waals surface area contributed by atoms with Crippen molar-refractivity contribution in [2.45, 2.75) is 25.8 Å². The van der Waals surface area contributed by atoms with Crippen molar-refractivity contribution in [2.24, 2.45) is 0 Å². The van der Waals surface area contributed by atoms with E-state index in [2.05, 4.69) is 37.8 Å². The minimum Gasteiger partial charge on any atom is -0.346 e. The van der Waals surface area contributed by atoms with Gasteiger partial charge in [-0.2, -0.15) is 0 Å². The van der Waals surface area contributed by atoms with E-state index in [1.807, 2.05) is 31.2 Å². The third-order valence-corrected chi connectivity index (χ3v) is 3.64. The van der Waals surface area contributed by atoms with E-state index >= 15 is 0 Å². The van der Waals surface area contributed by atoms with Crippen molar-refractivity contribution in [1.82, 2.24) is 15.3 Å². The summed E-state index contributed by atoms with van der Waals surface area (Å²) in [6.45, 7) is 5.52. The molecule has 0 aliphatic carbocycles. The number of hydrogen-bond acceptors (Lipinski definition) is 2. The molecule has 0 fully saturated rings. The molecule has 0 unspecified atom stereocenters. The van der Waals surface area contributed by atoms with Crippen molar-refractivity contribution in [2.75, 3.05) is 0 Å². The van der Waals surface area contributed by atoms with Gasteiger partial charge in [0.05, 0.1) is 17.9 Å². The van der Waals surface area contributed by atoms with E-state index in [1.54, 1.807) is 12.3 Å². The number of carbonyl (C=O) groups is 1. The van der Waals surface area contributed by atoms with Crippen LogP contribution in [0.5, 0.6) is 0 Å². The van der Waals surface area contributed by atoms with Gasteiger partial charge in [0.15, 0.2) is 0 Å². The summed E-state index contributed by atoms with van der Waals surface area (Å²) in [5, 5.41) is 2.92. The minimum absolute atomic E-state index is 0.00370. The molecule has 0 saturated carbocycles. The highest BCUT2D eigenvalue weighted by molar-refractivity contribution is 9.10. The Balaban J connectivity index is 2.03. The number of halogens is 1. The van der Waals surface area contributed by atoms with E-state index in [4.69, 9.17) is 0 Å². The third kappa shape index (κ3) is 4.29. The van der Waals surface area contributed by atoms with E-state index in [0.717, 1.165) is 21.6 Å². The van der Waals surface area contributed by atoms with Crippen molar-refractivity contribution in [3.8, 4) is 11.3 Å². The van der Waals surface area contributed by atoms with Crippen molar-refractivity contribution < 1.29 is 4.79 Å². The van der Waals surface area contributed by atoms with Gasteiger partial charge in [-0.25, -0.2) is 4.98 Å². The molecule has 1 atom stereocenters. The molecule has 21 heavy (non-hydrogen) atoms. The lowest BCUT2D eigenvalue weighted by atomic mass is 10.2. The van der Waals surface area contributed by atoms with E-state index in [-0.39, 0.29) is 11.9 Å². The second-order valence-electron chi connectivity index (χ2n) is 4.81.